The van der Waals surface area contributed by atoms with Crippen LogP contribution in [0.1, 0.15) is 187 Å². The summed E-state index contributed by atoms with van der Waals surface area (Å²) in [6.07, 6.45) is 58.6. The van der Waals surface area contributed by atoms with Gasteiger partial charge in [-0.15, -0.1) is 0 Å². The predicted octanol–water partition coefficient (Wildman–Crippen LogP) is 13.2. The maximum Gasteiger partial charge on any atom is 0.267 e. The Balaban J connectivity index is 4.03. The minimum Gasteiger partial charge on any atom is -0.387 e. The van der Waals surface area contributed by atoms with E-state index in [2.05, 4.69) is 92.1 Å². The van der Waals surface area contributed by atoms with Crippen LogP contribution in [-0.2, 0) is 14.9 Å². The average molecular weight is 772 g/mol. The lowest BCUT2D eigenvalue weighted by Gasteiger charge is -2.21. The number of rotatable bonds is 38. The molecule has 0 heterocycles. The first kappa shape index (κ1) is 51.5. The topological polar surface area (TPSA) is 104 Å². The van der Waals surface area contributed by atoms with Crippen molar-refractivity contribution in [3.05, 3.63) is 85.1 Å². The SMILES string of the molecule is CC/C=C\C/C=C\C/C=C\C/C=C\C/C=C\CCCCCC(=O)NC(CS(=O)(=O)O)C(O)/C=C/CC/C=C/CCCCCCCCCCCCCCCC. The molecule has 0 aromatic carbocycles. The van der Waals surface area contributed by atoms with Gasteiger partial charge in [-0.3, -0.25) is 9.35 Å². The number of nitrogens with one attached hydrogen (secondary N) is 1. The minimum absolute atomic E-state index is 0.244. The Morgan fingerprint density at radius 1 is 0.519 bits per heavy atom. The molecule has 0 aliphatic heterocycles. The van der Waals surface area contributed by atoms with E-state index in [9.17, 15) is 22.9 Å². The van der Waals surface area contributed by atoms with Crippen molar-refractivity contribution < 1.29 is 22.9 Å². The molecule has 1 amide bonds. The Labute approximate surface area is 333 Å². The third-order valence-electron chi connectivity index (χ3n) is 9.31. The zero-order valence-corrected chi connectivity index (χ0v) is 35.4. The van der Waals surface area contributed by atoms with Crippen molar-refractivity contribution >= 4 is 16.0 Å². The Morgan fingerprint density at radius 3 is 1.39 bits per heavy atom. The average Bonchev–Trinajstić information content (AvgIpc) is 3.14. The summed E-state index contributed by atoms with van der Waals surface area (Å²) in [5.41, 5.74) is 0. The van der Waals surface area contributed by atoms with Crippen molar-refractivity contribution in [2.24, 2.45) is 0 Å². The Bertz CT molecular complexity index is 1160. The van der Waals surface area contributed by atoms with Gasteiger partial charge in [0.15, 0.2) is 0 Å². The van der Waals surface area contributed by atoms with Gasteiger partial charge in [0.25, 0.3) is 10.1 Å². The van der Waals surface area contributed by atoms with Crippen LogP contribution in [0.5, 0.6) is 0 Å². The van der Waals surface area contributed by atoms with E-state index < -0.39 is 28.0 Å². The normalized spacial score (nSPS) is 14.1. The van der Waals surface area contributed by atoms with Gasteiger partial charge in [0, 0.05) is 6.42 Å². The summed E-state index contributed by atoms with van der Waals surface area (Å²) in [6.45, 7) is 4.41. The number of hydrogen-bond acceptors (Lipinski definition) is 4. The van der Waals surface area contributed by atoms with Crippen LogP contribution < -0.4 is 5.32 Å². The highest BCUT2D eigenvalue weighted by molar-refractivity contribution is 7.85. The van der Waals surface area contributed by atoms with E-state index in [1.54, 1.807) is 6.08 Å². The van der Waals surface area contributed by atoms with Crippen molar-refractivity contribution in [1.82, 2.24) is 5.32 Å². The predicted molar refractivity (Wildman–Crippen MR) is 234 cm³/mol. The number of carbonyl (C=O) groups excluding carboxylic acids is 1. The molecule has 0 bridgehead atoms. The lowest BCUT2D eigenvalue weighted by molar-refractivity contribution is -0.122. The van der Waals surface area contributed by atoms with E-state index in [0.717, 1.165) is 64.2 Å². The molecule has 0 radical (unpaired) electrons. The molecule has 0 aromatic rings. The first-order chi connectivity index (χ1) is 26.3. The fourth-order valence-electron chi connectivity index (χ4n) is 6.08. The third-order valence-corrected chi connectivity index (χ3v) is 10.1. The maximum absolute atomic E-state index is 12.5. The van der Waals surface area contributed by atoms with Gasteiger partial charge in [-0.25, -0.2) is 0 Å². The summed E-state index contributed by atoms with van der Waals surface area (Å²) in [7, 11) is -4.37. The summed E-state index contributed by atoms with van der Waals surface area (Å²) in [5, 5.41) is 13.2. The van der Waals surface area contributed by atoms with Gasteiger partial charge < -0.3 is 10.4 Å². The minimum atomic E-state index is -4.37. The van der Waals surface area contributed by atoms with Crippen LogP contribution in [0.15, 0.2) is 85.1 Å². The van der Waals surface area contributed by atoms with E-state index in [0.29, 0.717) is 12.8 Å². The van der Waals surface area contributed by atoms with E-state index in [1.165, 1.54) is 96.0 Å². The summed E-state index contributed by atoms with van der Waals surface area (Å²) in [5.74, 6) is -1.05. The summed E-state index contributed by atoms with van der Waals surface area (Å²) in [6, 6.07) is -1.10. The standard InChI is InChI=1S/C47H81NO5S/c1-3-5-7-9-11-13-15-17-19-21-23-25-26-28-30-32-34-36-38-40-42-46(49)45(44-54(51,52)53)48-47(50)43-41-39-37-35-33-31-29-27-24-22-20-18-16-14-12-10-8-6-4-2/h6,8,12,14,18,20,24,27,31-34,40,42,45-46,49H,3-5,7,9-11,13,15-17,19,21-23,25-26,28-30,35-39,41,43-44H2,1-2H3,(H,48,50)(H,51,52,53)/b8-6-,14-12-,20-18-,27-24-,33-31-,34-32+,42-40+. The van der Waals surface area contributed by atoms with Gasteiger partial charge in [-0.1, -0.05) is 189 Å². The fraction of sp³-hybridized carbons (Fsp3) is 0.681. The molecule has 2 unspecified atom stereocenters. The quantitative estimate of drug-likeness (QED) is 0.0329. The number of allylic oxidation sites excluding steroid dienone is 13. The fourth-order valence-corrected chi connectivity index (χ4v) is 6.81. The lowest BCUT2D eigenvalue weighted by Crippen LogP contribution is -2.46. The van der Waals surface area contributed by atoms with Crippen molar-refractivity contribution in [1.29, 1.82) is 0 Å². The van der Waals surface area contributed by atoms with Crippen molar-refractivity contribution in [2.45, 2.75) is 199 Å². The smallest absolute Gasteiger partial charge is 0.267 e. The zero-order chi connectivity index (χ0) is 39.6. The molecule has 54 heavy (non-hydrogen) atoms. The molecule has 3 N–H and O–H groups in total. The van der Waals surface area contributed by atoms with Crippen molar-refractivity contribution in [3.63, 3.8) is 0 Å². The third kappa shape index (κ3) is 40.7. The number of hydrogen-bond donors (Lipinski definition) is 3. The molecule has 0 spiro atoms. The van der Waals surface area contributed by atoms with Gasteiger partial charge in [0.05, 0.1) is 17.9 Å². The van der Waals surface area contributed by atoms with Crippen LogP contribution in [0, 0.1) is 0 Å². The number of aliphatic hydroxyl groups excluding tert-OH is 1. The Hall–Kier alpha value is -2.48. The highest BCUT2D eigenvalue weighted by Gasteiger charge is 2.24. The second-order valence-corrected chi connectivity index (χ2v) is 16.1. The lowest BCUT2D eigenvalue weighted by atomic mass is 10.0. The molecule has 2 atom stereocenters. The molecule has 6 nitrogen and oxygen atoms in total. The van der Waals surface area contributed by atoms with E-state index >= 15 is 0 Å². The molecular formula is C47H81NO5S. The molecule has 0 saturated carbocycles. The van der Waals surface area contributed by atoms with Gasteiger partial charge in [0.2, 0.25) is 5.91 Å². The van der Waals surface area contributed by atoms with Crippen LogP contribution in [-0.4, -0.2) is 41.9 Å². The van der Waals surface area contributed by atoms with Gasteiger partial charge in [-0.2, -0.15) is 8.42 Å². The molecule has 0 aliphatic rings. The van der Waals surface area contributed by atoms with Crippen LogP contribution in [0.4, 0.5) is 0 Å². The van der Waals surface area contributed by atoms with E-state index in [-0.39, 0.29) is 12.3 Å². The summed E-state index contributed by atoms with van der Waals surface area (Å²) < 4.78 is 32.5. The van der Waals surface area contributed by atoms with E-state index in [4.69, 9.17) is 0 Å². The van der Waals surface area contributed by atoms with Crippen LogP contribution in [0.3, 0.4) is 0 Å². The number of unbranched alkanes of at least 4 members (excludes halogenated alkanes) is 18. The number of amides is 1. The first-order valence-corrected chi connectivity index (χ1v) is 23.4. The van der Waals surface area contributed by atoms with E-state index in [1.807, 2.05) is 0 Å². The number of aliphatic hydroxyl groups is 1. The highest BCUT2D eigenvalue weighted by Crippen LogP contribution is 2.14. The van der Waals surface area contributed by atoms with Crippen molar-refractivity contribution in [2.75, 3.05) is 5.75 Å². The summed E-state index contributed by atoms with van der Waals surface area (Å²) in [4.78, 5) is 12.5. The molecule has 0 aliphatic carbocycles. The Kier molecular flexibility index (Phi) is 38.3. The molecular weight excluding hydrogens is 691 g/mol. The van der Waals surface area contributed by atoms with Gasteiger partial charge in [0.1, 0.15) is 0 Å². The molecule has 0 rings (SSSR count). The summed E-state index contributed by atoms with van der Waals surface area (Å²) >= 11 is 0. The highest BCUT2D eigenvalue weighted by atomic mass is 32.2. The molecule has 7 heteroatoms. The second-order valence-electron chi connectivity index (χ2n) is 14.6. The molecule has 0 saturated heterocycles. The van der Waals surface area contributed by atoms with Crippen molar-refractivity contribution in [3.8, 4) is 0 Å². The monoisotopic (exact) mass is 772 g/mol. The second kappa shape index (κ2) is 40.2. The van der Waals surface area contributed by atoms with Gasteiger partial charge >= 0.3 is 0 Å². The Morgan fingerprint density at radius 2 is 0.907 bits per heavy atom. The van der Waals surface area contributed by atoms with Crippen LogP contribution in [0.2, 0.25) is 0 Å². The largest absolute Gasteiger partial charge is 0.387 e. The van der Waals surface area contributed by atoms with Gasteiger partial charge in [-0.05, 0) is 77.0 Å². The maximum atomic E-state index is 12.5. The zero-order valence-electron chi connectivity index (χ0n) is 34.6. The van der Waals surface area contributed by atoms with Crippen LogP contribution >= 0.6 is 0 Å². The molecule has 0 fully saturated rings. The molecule has 310 valence electrons. The van der Waals surface area contributed by atoms with Crippen LogP contribution in [0.25, 0.3) is 0 Å². The number of carbonyl (C=O) groups is 1. The molecule has 0 aromatic heterocycles. The first-order valence-electron chi connectivity index (χ1n) is 21.8.